The van der Waals surface area contributed by atoms with Crippen LogP contribution < -0.4 is 5.32 Å². The van der Waals surface area contributed by atoms with Gasteiger partial charge in [-0.15, -0.1) is 0 Å². The summed E-state index contributed by atoms with van der Waals surface area (Å²) in [5.74, 6) is -0.368. The number of nitrogens with one attached hydrogen (secondary N) is 1. The predicted octanol–water partition coefficient (Wildman–Crippen LogP) is 1.15. The van der Waals surface area contributed by atoms with Gasteiger partial charge in [0.25, 0.3) is 0 Å². The number of ether oxygens (including phenoxy) is 1. The van der Waals surface area contributed by atoms with E-state index in [-0.39, 0.29) is 30.4 Å². The van der Waals surface area contributed by atoms with Gasteiger partial charge in [-0.1, -0.05) is 12.1 Å². The highest BCUT2D eigenvalue weighted by Gasteiger charge is 2.30. The molecule has 8 nitrogen and oxygen atoms in total. The van der Waals surface area contributed by atoms with Crippen molar-refractivity contribution < 1.29 is 17.9 Å². The number of amides is 1. The average Bonchev–Trinajstić information content (AvgIpc) is 3.04. The SMILES string of the molecule is C[C@@H]1CN(S(=O)(=O)CCNC(=O)[C@@H](C)n2cnc3ccccc32)C[C@@H](C)O1. The van der Waals surface area contributed by atoms with E-state index in [1.807, 2.05) is 38.1 Å². The number of imidazole rings is 1. The Morgan fingerprint density at radius 3 is 2.67 bits per heavy atom. The molecule has 148 valence electrons. The van der Waals surface area contributed by atoms with Crippen molar-refractivity contribution in [2.24, 2.45) is 0 Å². The molecule has 3 atom stereocenters. The number of rotatable bonds is 6. The number of aromatic nitrogens is 2. The maximum Gasteiger partial charge on any atom is 0.242 e. The zero-order valence-corrected chi connectivity index (χ0v) is 16.6. The molecule has 1 amide bonds. The molecule has 1 N–H and O–H groups in total. The topological polar surface area (TPSA) is 93.5 Å². The molecular formula is C18H26N4O4S. The van der Waals surface area contributed by atoms with E-state index in [4.69, 9.17) is 4.74 Å². The van der Waals surface area contributed by atoms with Crippen molar-refractivity contribution in [1.82, 2.24) is 19.2 Å². The van der Waals surface area contributed by atoms with Crippen LogP contribution in [0.4, 0.5) is 0 Å². The summed E-state index contributed by atoms with van der Waals surface area (Å²) in [7, 11) is -3.44. The predicted molar refractivity (Wildman–Crippen MR) is 103 cm³/mol. The van der Waals surface area contributed by atoms with Crippen molar-refractivity contribution in [2.75, 3.05) is 25.4 Å². The Hall–Kier alpha value is -1.97. The van der Waals surface area contributed by atoms with Crippen molar-refractivity contribution >= 4 is 27.0 Å². The van der Waals surface area contributed by atoms with Crippen LogP contribution in [0.25, 0.3) is 11.0 Å². The molecule has 27 heavy (non-hydrogen) atoms. The Kier molecular flexibility index (Phi) is 5.83. The van der Waals surface area contributed by atoms with Crippen molar-refractivity contribution in [2.45, 2.75) is 39.0 Å². The number of carbonyl (C=O) groups is 1. The Morgan fingerprint density at radius 2 is 1.96 bits per heavy atom. The fourth-order valence-electron chi connectivity index (χ4n) is 3.35. The molecule has 0 aliphatic carbocycles. The molecule has 2 aromatic rings. The molecule has 0 radical (unpaired) electrons. The van der Waals surface area contributed by atoms with Gasteiger partial charge in [-0.25, -0.2) is 13.4 Å². The number of fused-ring (bicyclic) bond motifs is 1. The number of morpholine rings is 1. The van der Waals surface area contributed by atoms with Gasteiger partial charge >= 0.3 is 0 Å². The first-order valence-electron chi connectivity index (χ1n) is 9.10. The van der Waals surface area contributed by atoms with Gasteiger partial charge in [-0.3, -0.25) is 4.79 Å². The van der Waals surface area contributed by atoms with E-state index in [0.29, 0.717) is 13.1 Å². The number of hydrogen-bond donors (Lipinski definition) is 1. The fourth-order valence-corrected chi connectivity index (χ4v) is 4.84. The fraction of sp³-hybridized carbons (Fsp3) is 0.556. The summed E-state index contributed by atoms with van der Waals surface area (Å²) in [5.41, 5.74) is 1.68. The number of carbonyl (C=O) groups excluding carboxylic acids is 1. The van der Waals surface area contributed by atoms with E-state index in [1.54, 1.807) is 17.8 Å². The molecule has 0 spiro atoms. The van der Waals surface area contributed by atoms with E-state index in [1.165, 1.54) is 4.31 Å². The summed E-state index contributed by atoms with van der Waals surface area (Å²) >= 11 is 0. The lowest BCUT2D eigenvalue weighted by molar-refractivity contribution is -0.123. The van der Waals surface area contributed by atoms with Gasteiger partial charge < -0.3 is 14.6 Å². The van der Waals surface area contributed by atoms with Crippen LogP contribution in [0.1, 0.15) is 26.8 Å². The molecule has 0 bridgehead atoms. The molecule has 0 unspecified atom stereocenters. The number of nitrogens with zero attached hydrogens (tertiary/aromatic N) is 3. The first kappa shape index (κ1) is 19.8. The Balaban J connectivity index is 1.57. The number of para-hydroxylation sites is 2. The van der Waals surface area contributed by atoms with Crippen molar-refractivity contribution in [3.63, 3.8) is 0 Å². The first-order chi connectivity index (χ1) is 12.8. The summed E-state index contributed by atoms with van der Waals surface area (Å²) in [5, 5.41) is 2.73. The average molecular weight is 394 g/mol. The van der Waals surface area contributed by atoms with E-state index in [9.17, 15) is 13.2 Å². The smallest absolute Gasteiger partial charge is 0.242 e. The summed E-state index contributed by atoms with van der Waals surface area (Å²) in [6.07, 6.45) is 1.36. The molecule has 1 fully saturated rings. The van der Waals surface area contributed by atoms with Gasteiger partial charge in [0.15, 0.2) is 0 Å². The monoisotopic (exact) mass is 394 g/mol. The van der Waals surface area contributed by atoms with Gasteiger partial charge in [0, 0.05) is 19.6 Å². The molecule has 1 aliphatic heterocycles. The highest BCUT2D eigenvalue weighted by Crippen LogP contribution is 2.17. The molecule has 2 heterocycles. The van der Waals surface area contributed by atoms with Crippen LogP contribution >= 0.6 is 0 Å². The second kappa shape index (κ2) is 7.95. The highest BCUT2D eigenvalue weighted by atomic mass is 32.2. The summed E-state index contributed by atoms with van der Waals surface area (Å²) in [6, 6.07) is 7.08. The molecule has 1 aliphatic rings. The van der Waals surface area contributed by atoms with Crippen LogP contribution in [0, 0.1) is 0 Å². The van der Waals surface area contributed by atoms with Crippen LogP contribution in [-0.4, -0.2) is 65.8 Å². The highest BCUT2D eigenvalue weighted by molar-refractivity contribution is 7.89. The minimum absolute atomic E-state index is 0.0677. The Labute approximate surface area is 159 Å². The molecule has 3 rings (SSSR count). The van der Waals surface area contributed by atoms with Crippen LogP contribution in [0.15, 0.2) is 30.6 Å². The van der Waals surface area contributed by atoms with Crippen LogP contribution in [-0.2, 0) is 19.6 Å². The van der Waals surface area contributed by atoms with E-state index in [0.717, 1.165) is 11.0 Å². The third-order valence-electron chi connectivity index (χ3n) is 4.72. The van der Waals surface area contributed by atoms with Crippen molar-refractivity contribution in [3.05, 3.63) is 30.6 Å². The van der Waals surface area contributed by atoms with Crippen LogP contribution in [0.2, 0.25) is 0 Å². The summed E-state index contributed by atoms with van der Waals surface area (Å²) in [6.45, 7) is 6.24. The molecule has 1 aromatic heterocycles. The second-order valence-electron chi connectivity index (χ2n) is 7.00. The third kappa shape index (κ3) is 4.48. The van der Waals surface area contributed by atoms with Crippen LogP contribution in [0.3, 0.4) is 0 Å². The molecule has 1 saturated heterocycles. The van der Waals surface area contributed by atoms with Gasteiger partial charge in [0.2, 0.25) is 15.9 Å². The third-order valence-corrected chi connectivity index (χ3v) is 6.52. The maximum atomic E-state index is 12.5. The quantitative estimate of drug-likeness (QED) is 0.793. The zero-order chi connectivity index (χ0) is 19.6. The van der Waals surface area contributed by atoms with E-state index < -0.39 is 16.1 Å². The van der Waals surface area contributed by atoms with Gasteiger partial charge in [0.05, 0.1) is 35.3 Å². The maximum absolute atomic E-state index is 12.5. The zero-order valence-electron chi connectivity index (χ0n) is 15.8. The van der Waals surface area contributed by atoms with Gasteiger partial charge in [-0.05, 0) is 32.9 Å². The summed E-state index contributed by atoms with van der Waals surface area (Å²) in [4.78, 5) is 16.7. The second-order valence-corrected chi connectivity index (χ2v) is 9.09. The molecule has 1 aromatic carbocycles. The molecule has 0 saturated carbocycles. The van der Waals surface area contributed by atoms with Gasteiger partial charge in [0.1, 0.15) is 6.04 Å². The molecule has 9 heteroatoms. The lowest BCUT2D eigenvalue weighted by Crippen LogP contribution is -2.49. The minimum atomic E-state index is -3.44. The first-order valence-corrected chi connectivity index (χ1v) is 10.7. The van der Waals surface area contributed by atoms with Gasteiger partial charge in [-0.2, -0.15) is 4.31 Å². The van der Waals surface area contributed by atoms with Crippen molar-refractivity contribution in [3.8, 4) is 0 Å². The minimum Gasteiger partial charge on any atom is -0.373 e. The van der Waals surface area contributed by atoms with E-state index in [2.05, 4.69) is 10.3 Å². The number of sulfonamides is 1. The molecular weight excluding hydrogens is 368 g/mol. The van der Waals surface area contributed by atoms with Crippen molar-refractivity contribution in [1.29, 1.82) is 0 Å². The Bertz CT molecular complexity index is 901. The van der Waals surface area contributed by atoms with Crippen LogP contribution in [0.5, 0.6) is 0 Å². The summed E-state index contributed by atoms with van der Waals surface area (Å²) < 4.78 is 33.9. The standard InChI is InChI=1S/C18H26N4O4S/c1-13-10-21(11-14(2)26-13)27(24,25)9-8-19-18(23)15(3)22-12-20-16-6-4-5-7-17(16)22/h4-7,12-15H,8-11H2,1-3H3,(H,19,23)/t13-,14-,15-/m1/s1. The largest absolute Gasteiger partial charge is 0.373 e. The Morgan fingerprint density at radius 1 is 1.30 bits per heavy atom. The number of benzene rings is 1. The lowest BCUT2D eigenvalue weighted by atomic mass is 10.2. The number of hydrogen-bond acceptors (Lipinski definition) is 5. The lowest BCUT2D eigenvalue weighted by Gasteiger charge is -2.34. The normalized spacial score (nSPS) is 22.6. The van der Waals surface area contributed by atoms with E-state index >= 15 is 0 Å².